The first-order chi connectivity index (χ1) is 8.02. The first-order valence-corrected chi connectivity index (χ1v) is 5.32. The average Bonchev–Trinajstić information content (AvgIpc) is 2.25. The van der Waals surface area contributed by atoms with Gasteiger partial charge < -0.3 is 16.4 Å². The molecule has 0 saturated heterocycles. The Bertz CT molecular complexity index is 431. The number of amides is 2. The standard InChI is InChI=1S/C11H16N4O2/c1-3-13-10-5-8(4-7(2)15-10)11(17)14-6-9(12)16/h4-5H,3,6H2,1-2H3,(H2,12,16)(H,13,15)(H,14,17). The highest BCUT2D eigenvalue weighted by atomic mass is 16.2. The molecular weight excluding hydrogens is 220 g/mol. The highest BCUT2D eigenvalue weighted by molar-refractivity contribution is 5.96. The number of hydrogen-bond donors (Lipinski definition) is 3. The molecule has 92 valence electrons. The summed E-state index contributed by atoms with van der Waals surface area (Å²) >= 11 is 0. The molecule has 0 fully saturated rings. The van der Waals surface area contributed by atoms with Crippen molar-refractivity contribution in [1.29, 1.82) is 0 Å². The number of nitrogens with two attached hydrogens (primary N) is 1. The van der Waals surface area contributed by atoms with Crippen LogP contribution in [0.15, 0.2) is 12.1 Å². The van der Waals surface area contributed by atoms with Crippen LogP contribution < -0.4 is 16.4 Å². The first-order valence-electron chi connectivity index (χ1n) is 5.32. The second-order valence-corrected chi connectivity index (χ2v) is 3.56. The van der Waals surface area contributed by atoms with Crippen molar-refractivity contribution < 1.29 is 9.59 Å². The third-order valence-electron chi connectivity index (χ3n) is 2.00. The Morgan fingerprint density at radius 1 is 1.41 bits per heavy atom. The number of hydrogen-bond acceptors (Lipinski definition) is 4. The lowest BCUT2D eigenvalue weighted by Crippen LogP contribution is -2.33. The summed E-state index contributed by atoms with van der Waals surface area (Å²) in [7, 11) is 0. The highest BCUT2D eigenvalue weighted by Gasteiger charge is 2.08. The van der Waals surface area contributed by atoms with Gasteiger partial charge in [0.1, 0.15) is 5.82 Å². The summed E-state index contributed by atoms with van der Waals surface area (Å²) < 4.78 is 0. The van der Waals surface area contributed by atoms with Crippen molar-refractivity contribution in [2.75, 3.05) is 18.4 Å². The minimum atomic E-state index is -0.573. The number of carbonyl (C=O) groups excluding carboxylic acids is 2. The molecule has 0 spiro atoms. The third kappa shape index (κ3) is 4.10. The predicted molar refractivity (Wildman–Crippen MR) is 64.7 cm³/mol. The van der Waals surface area contributed by atoms with Crippen LogP contribution in [-0.4, -0.2) is 29.9 Å². The Kier molecular flexibility index (Phi) is 4.45. The van der Waals surface area contributed by atoms with Crippen LogP contribution in [0.4, 0.5) is 5.82 Å². The van der Waals surface area contributed by atoms with Gasteiger partial charge >= 0.3 is 0 Å². The topological polar surface area (TPSA) is 97.1 Å². The van der Waals surface area contributed by atoms with Gasteiger partial charge in [-0.2, -0.15) is 0 Å². The highest BCUT2D eigenvalue weighted by Crippen LogP contribution is 2.09. The van der Waals surface area contributed by atoms with E-state index in [1.165, 1.54) is 0 Å². The van der Waals surface area contributed by atoms with Crippen LogP contribution in [0.25, 0.3) is 0 Å². The van der Waals surface area contributed by atoms with E-state index in [0.717, 1.165) is 12.2 Å². The number of nitrogens with zero attached hydrogens (tertiary/aromatic N) is 1. The van der Waals surface area contributed by atoms with Gasteiger partial charge in [-0.05, 0) is 26.0 Å². The molecule has 4 N–H and O–H groups in total. The van der Waals surface area contributed by atoms with Crippen LogP contribution in [0.5, 0.6) is 0 Å². The molecule has 0 aliphatic heterocycles. The van der Waals surface area contributed by atoms with E-state index in [2.05, 4.69) is 15.6 Å². The number of pyridine rings is 1. The summed E-state index contributed by atoms with van der Waals surface area (Å²) in [5.74, 6) is -0.277. The normalized spacial score (nSPS) is 9.76. The van der Waals surface area contributed by atoms with Crippen molar-refractivity contribution in [2.45, 2.75) is 13.8 Å². The van der Waals surface area contributed by atoms with E-state index in [1.54, 1.807) is 19.1 Å². The van der Waals surface area contributed by atoms with Crippen LogP contribution in [0.3, 0.4) is 0 Å². The molecule has 2 amide bonds. The number of aryl methyl sites for hydroxylation is 1. The summed E-state index contributed by atoms with van der Waals surface area (Å²) in [6, 6.07) is 3.28. The Morgan fingerprint density at radius 2 is 2.12 bits per heavy atom. The van der Waals surface area contributed by atoms with Crippen molar-refractivity contribution in [3.63, 3.8) is 0 Å². The van der Waals surface area contributed by atoms with Crippen molar-refractivity contribution in [2.24, 2.45) is 5.73 Å². The Labute approximate surface area is 99.6 Å². The van der Waals surface area contributed by atoms with Gasteiger partial charge in [-0.1, -0.05) is 0 Å². The molecule has 0 aliphatic carbocycles. The van der Waals surface area contributed by atoms with Gasteiger partial charge in [0.05, 0.1) is 6.54 Å². The van der Waals surface area contributed by atoms with E-state index in [9.17, 15) is 9.59 Å². The molecule has 0 bridgehead atoms. The average molecular weight is 236 g/mol. The number of aromatic nitrogens is 1. The van der Waals surface area contributed by atoms with Crippen LogP contribution >= 0.6 is 0 Å². The van der Waals surface area contributed by atoms with Gasteiger partial charge in [-0.25, -0.2) is 4.98 Å². The quantitative estimate of drug-likeness (QED) is 0.672. The number of carbonyl (C=O) groups is 2. The van der Waals surface area contributed by atoms with Gasteiger partial charge in [-0.3, -0.25) is 9.59 Å². The summed E-state index contributed by atoms with van der Waals surface area (Å²) in [6.07, 6.45) is 0. The largest absolute Gasteiger partial charge is 0.370 e. The van der Waals surface area contributed by atoms with Crippen LogP contribution in [0.2, 0.25) is 0 Å². The third-order valence-corrected chi connectivity index (χ3v) is 2.00. The van der Waals surface area contributed by atoms with E-state index in [0.29, 0.717) is 11.4 Å². The second-order valence-electron chi connectivity index (χ2n) is 3.56. The van der Waals surface area contributed by atoms with Gasteiger partial charge in [0.25, 0.3) is 5.91 Å². The Hall–Kier alpha value is -2.11. The molecule has 1 aromatic heterocycles. The monoisotopic (exact) mass is 236 g/mol. The molecule has 1 heterocycles. The number of nitrogens with one attached hydrogen (secondary N) is 2. The zero-order chi connectivity index (χ0) is 12.8. The zero-order valence-electron chi connectivity index (χ0n) is 9.91. The fourth-order valence-corrected chi connectivity index (χ4v) is 1.34. The number of rotatable bonds is 5. The van der Waals surface area contributed by atoms with E-state index in [1.807, 2.05) is 6.92 Å². The molecule has 6 heteroatoms. The molecule has 6 nitrogen and oxygen atoms in total. The molecular formula is C11H16N4O2. The fraction of sp³-hybridized carbons (Fsp3) is 0.364. The molecule has 1 aromatic rings. The van der Waals surface area contributed by atoms with E-state index < -0.39 is 5.91 Å². The first kappa shape index (κ1) is 13.0. The summed E-state index contributed by atoms with van der Waals surface area (Å²) in [5, 5.41) is 5.45. The molecule has 0 radical (unpaired) electrons. The number of anilines is 1. The van der Waals surface area contributed by atoms with E-state index >= 15 is 0 Å². The molecule has 0 aromatic carbocycles. The van der Waals surface area contributed by atoms with Crippen molar-refractivity contribution in [1.82, 2.24) is 10.3 Å². The summed E-state index contributed by atoms with van der Waals surface area (Å²) in [4.78, 5) is 26.5. The SMILES string of the molecule is CCNc1cc(C(=O)NCC(N)=O)cc(C)n1. The molecule has 0 atom stereocenters. The molecule has 1 rings (SSSR count). The van der Waals surface area contributed by atoms with Gasteiger partial charge in [0, 0.05) is 17.8 Å². The van der Waals surface area contributed by atoms with Crippen molar-refractivity contribution >= 4 is 17.6 Å². The minimum Gasteiger partial charge on any atom is -0.370 e. The maximum atomic E-state index is 11.7. The molecule has 0 aliphatic rings. The molecule has 0 unspecified atom stereocenters. The van der Waals surface area contributed by atoms with E-state index in [4.69, 9.17) is 5.73 Å². The maximum Gasteiger partial charge on any atom is 0.251 e. The second kappa shape index (κ2) is 5.83. The number of primary amides is 1. The van der Waals surface area contributed by atoms with Crippen LogP contribution in [0, 0.1) is 6.92 Å². The molecule has 0 saturated carbocycles. The van der Waals surface area contributed by atoms with Crippen LogP contribution in [0.1, 0.15) is 23.0 Å². The zero-order valence-corrected chi connectivity index (χ0v) is 9.91. The predicted octanol–water partition coefficient (Wildman–Crippen LogP) is 0.0369. The molecule has 17 heavy (non-hydrogen) atoms. The Morgan fingerprint density at radius 3 is 2.71 bits per heavy atom. The van der Waals surface area contributed by atoms with Crippen molar-refractivity contribution in [3.05, 3.63) is 23.4 Å². The lowest BCUT2D eigenvalue weighted by Gasteiger charge is -2.07. The maximum absolute atomic E-state index is 11.7. The fourth-order valence-electron chi connectivity index (χ4n) is 1.34. The summed E-state index contributed by atoms with van der Waals surface area (Å²) in [5.41, 5.74) is 6.13. The Balaban J connectivity index is 2.81. The van der Waals surface area contributed by atoms with Crippen molar-refractivity contribution in [3.8, 4) is 0 Å². The smallest absolute Gasteiger partial charge is 0.251 e. The van der Waals surface area contributed by atoms with Gasteiger partial charge in [0.15, 0.2) is 0 Å². The summed E-state index contributed by atoms with van der Waals surface area (Å²) in [6.45, 7) is 4.29. The lowest BCUT2D eigenvalue weighted by molar-refractivity contribution is -0.117. The van der Waals surface area contributed by atoms with Gasteiger partial charge in [-0.15, -0.1) is 0 Å². The van der Waals surface area contributed by atoms with E-state index in [-0.39, 0.29) is 12.5 Å². The minimum absolute atomic E-state index is 0.170. The van der Waals surface area contributed by atoms with Crippen LogP contribution in [-0.2, 0) is 4.79 Å². The van der Waals surface area contributed by atoms with Gasteiger partial charge in [0.2, 0.25) is 5.91 Å². The lowest BCUT2D eigenvalue weighted by atomic mass is 10.2.